The van der Waals surface area contributed by atoms with Crippen molar-refractivity contribution in [1.82, 2.24) is 19.7 Å². The fraction of sp³-hybridized carbons (Fsp3) is 0.833. The van der Waals surface area contributed by atoms with Gasteiger partial charge in [0.15, 0.2) is 0 Å². The van der Waals surface area contributed by atoms with Gasteiger partial charge in [0.25, 0.3) is 0 Å². The van der Waals surface area contributed by atoms with Crippen LogP contribution in [0.15, 0.2) is 6.33 Å². The SMILES string of the molecule is CCn1cnnc1C1CCCN(CCCO)C1. The van der Waals surface area contributed by atoms with Crippen molar-refractivity contribution in [3.63, 3.8) is 0 Å². The zero-order chi connectivity index (χ0) is 12.1. The van der Waals surface area contributed by atoms with Gasteiger partial charge in [0.2, 0.25) is 0 Å². The third-order valence-electron chi connectivity index (χ3n) is 3.49. The zero-order valence-electron chi connectivity index (χ0n) is 10.5. The van der Waals surface area contributed by atoms with E-state index in [1.165, 1.54) is 12.8 Å². The van der Waals surface area contributed by atoms with Gasteiger partial charge in [-0.25, -0.2) is 0 Å². The van der Waals surface area contributed by atoms with Gasteiger partial charge in [-0.3, -0.25) is 0 Å². The molecule has 2 heterocycles. The molecular formula is C12H22N4O. The van der Waals surface area contributed by atoms with Crippen molar-refractivity contribution in [2.75, 3.05) is 26.2 Å². The number of piperidine rings is 1. The maximum atomic E-state index is 8.88. The maximum absolute atomic E-state index is 8.88. The molecule has 96 valence electrons. The van der Waals surface area contributed by atoms with Crippen LogP contribution in [-0.2, 0) is 6.54 Å². The molecule has 0 spiro atoms. The van der Waals surface area contributed by atoms with Gasteiger partial charge in [0.05, 0.1) is 0 Å². The summed E-state index contributed by atoms with van der Waals surface area (Å²) in [7, 11) is 0. The molecule has 0 bridgehead atoms. The van der Waals surface area contributed by atoms with Crippen molar-refractivity contribution in [2.45, 2.75) is 38.6 Å². The fourth-order valence-electron chi connectivity index (χ4n) is 2.59. The minimum Gasteiger partial charge on any atom is -0.396 e. The van der Waals surface area contributed by atoms with E-state index in [0.717, 1.165) is 38.4 Å². The van der Waals surface area contributed by atoms with E-state index in [-0.39, 0.29) is 6.61 Å². The summed E-state index contributed by atoms with van der Waals surface area (Å²) in [6.45, 7) is 6.55. The molecule has 0 aliphatic carbocycles. The van der Waals surface area contributed by atoms with Crippen LogP contribution in [0.4, 0.5) is 0 Å². The third kappa shape index (κ3) is 3.04. The van der Waals surface area contributed by atoms with E-state index in [0.29, 0.717) is 5.92 Å². The molecule has 0 amide bonds. The highest BCUT2D eigenvalue weighted by molar-refractivity contribution is 4.99. The molecule has 1 N–H and O–H groups in total. The molecule has 0 radical (unpaired) electrons. The van der Waals surface area contributed by atoms with E-state index in [2.05, 4.69) is 26.6 Å². The van der Waals surface area contributed by atoms with E-state index in [4.69, 9.17) is 5.11 Å². The standard InChI is InChI=1S/C12H22N4O/c1-2-16-10-13-14-12(16)11-5-3-6-15(9-11)7-4-8-17/h10-11,17H,2-9H2,1H3. The highest BCUT2D eigenvalue weighted by Gasteiger charge is 2.24. The second kappa shape index (κ2) is 6.12. The molecule has 5 heteroatoms. The van der Waals surface area contributed by atoms with Crippen molar-refractivity contribution in [3.8, 4) is 0 Å². The fourth-order valence-corrected chi connectivity index (χ4v) is 2.59. The van der Waals surface area contributed by atoms with Crippen LogP contribution in [0.1, 0.15) is 37.9 Å². The Labute approximate surface area is 102 Å². The predicted octanol–water partition coefficient (Wildman–Crippen LogP) is 0.860. The Kier molecular flexibility index (Phi) is 4.50. The van der Waals surface area contributed by atoms with Crippen molar-refractivity contribution in [3.05, 3.63) is 12.2 Å². The van der Waals surface area contributed by atoms with E-state index >= 15 is 0 Å². The molecule has 5 nitrogen and oxygen atoms in total. The second-order valence-electron chi connectivity index (χ2n) is 4.69. The van der Waals surface area contributed by atoms with Gasteiger partial charge in [-0.05, 0) is 32.7 Å². The van der Waals surface area contributed by atoms with E-state index in [1.807, 2.05) is 6.33 Å². The van der Waals surface area contributed by atoms with Crippen LogP contribution in [0.5, 0.6) is 0 Å². The smallest absolute Gasteiger partial charge is 0.137 e. The number of aryl methyl sites for hydroxylation is 1. The molecular weight excluding hydrogens is 216 g/mol. The van der Waals surface area contributed by atoms with Gasteiger partial charge >= 0.3 is 0 Å². The molecule has 1 unspecified atom stereocenters. The molecule has 1 atom stereocenters. The first-order chi connectivity index (χ1) is 8.35. The largest absolute Gasteiger partial charge is 0.396 e. The van der Waals surface area contributed by atoms with Crippen LogP contribution >= 0.6 is 0 Å². The summed E-state index contributed by atoms with van der Waals surface area (Å²) < 4.78 is 2.14. The highest BCUT2D eigenvalue weighted by Crippen LogP contribution is 2.25. The average Bonchev–Trinajstić information content (AvgIpc) is 2.85. The number of rotatable bonds is 5. The summed E-state index contributed by atoms with van der Waals surface area (Å²) in [5.41, 5.74) is 0. The molecule has 17 heavy (non-hydrogen) atoms. The van der Waals surface area contributed by atoms with Gasteiger partial charge < -0.3 is 14.6 Å². The van der Waals surface area contributed by atoms with Crippen molar-refractivity contribution in [2.24, 2.45) is 0 Å². The highest BCUT2D eigenvalue weighted by atomic mass is 16.3. The summed E-state index contributed by atoms with van der Waals surface area (Å²) in [6, 6.07) is 0. The Hall–Kier alpha value is -0.940. The van der Waals surface area contributed by atoms with Gasteiger partial charge in [-0.15, -0.1) is 10.2 Å². The topological polar surface area (TPSA) is 54.2 Å². The van der Waals surface area contributed by atoms with E-state index in [1.54, 1.807) is 0 Å². The van der Waals surface area contributed by atoms with Crippen molar-refractivity contribution < 1.29 is 5.11 Å². The molecule has 1 aromatic rings. The average molecular weight is 238 g/mol. The summed E-state index contributed by atoms with van der Waals surface area (Å²) in [6.07, 6.45) is 5.11. The molecule has 1 aromatic heterocycles. The van der Waals surface area contributed by atoms with Crippen LogP contribution in [0.2, 0.25) is 0 Å². The minimum absolute atomic E-state index is 0.284. The second-order valence-corrected chi connectivity index (χ2v) is 4.69. The predicted molar refractivity (Wildman–Crippen MR) is 65.8 cm³/mol. The van der Waals surface area contributed by atoms with Gasteiger partial charge in [-0.1, -0.05) is 0 Å². The number of aliphatic hydroxyl groups excluding tert-OH is 1. The first-order valence-corrected chi connectivity index (χ1v) is 6.56. The van der Waals surface area contributed by atoms with Crippen LogP contribution in [0.25, 0.3) is 0 Å². The Morgan fingerprint density at radius 2 is 2.41 bits per heavy atom. The molecule has 1 aliphatic rings. The molecule has 1 fully saturated rings. The number of hydrogen-bond donors (Lipinski definition) is 1. The summed E-state index contributed by atoms with van der Waals surface area (Å²) in [4.78, 5) is 2.43. The third-order valence-corrected chi connectivity index (χ3v) is 3.49. The van der Waals surface area contributed by atoms with Crippen LogP contribution in [0.3, 0.4) is 0 Å². The van der Waals surface area contributed by atoms with Crippen LogP contribution in [-0.4, -0.2) is 51.0 Å². The molecule has 1 aliphatic heterocycles. The Morgan fingerprint density at radius 3 is 3.18 bits per heavy atom. The van der Waals surface area contributed by atoms with Crippen molar-refractivity contribution in [1.29, 1.82) is 0 Å². The Morgan fingerprint density at radius 1 is 1.53 bits per heavy atom. The monoisotopic (exact) mass is 238 g/mol. The number of nitrogens with zero attached hydrogens (tertiary/aromatic N) is 4. The normalized spacial score (nSPS) is 21.9. The summed E-state index contributed by atoms with van der Waals surface area (Å²) in [5.74, 6) is 1.63. The minimum atomic E-state index is 0.284. The number of hydrogen-bond acceptors (Lipinski definition) is 4. The quantitative estimate of drug-likeness (QED) is 0.826. The summed E-state index contributed by atoms with van der Waals surface area (Å²) in [5, 5.41) is 17.1. The number of aliphatic hydroxyl groups is 1. The van der Waals surface area contributed by atoms with Crippen LogP contribution < -0.4 is 0 Å². The molecule has 0 saturated carbocycles. The van der Waals surface area contributed by atoms with Gasteiger partial charge in [0.1, 0.15) is 12.2 Å². The molecule has 1 saturated heterocycles. The Bertz CT molecular complexity index is 339. The zero-order valence-corrected chi connectivity index (χ0v) is 10.5. The lowest BCUT2D eigenvalue weighted by atomic mass is 9.97. The van der Waals surface area contributed by atoms with Gasteiger partial charge in [0, 0.05) is 32.2 Å². The lowest BCUT2D eigenvalue weighted by molar-refractivity contribution is 0.180. The first-order valence-electron chi connectivity index (χ1n) is 6.56. The molecule has 0 aromatic carbocycles. The lowest BCUT2D eigenvalue weighted by Gasteiger charge is -2.32. The molecule has 2 rings (SSSR count). The van der Waals surface area contributed by atoms with E-state index in [9.17, 15) is 0 Å². The van der Waals surface area contributed by atoms with E-state index < -0.39 is 0 Å². The van der Waals surface area contributed by atoms with Gasteiger partial charge in [-0.2, -0.15) is 0 Å². The van der Waals surface area contributed by atoms with Crippen molar-refractivity contribution >= 4 is 0 Å². The first kappa shape index (κ1) is 12.5. The Balaban J connectivity index is 1.97. The van der Waals surface area contributed by atoms with Crippen LogP contribution in [0, 0.1) is 0 Å². The summed E-state index contributed by atoms with van der Waals surface area (Å²) >= 11 is 0. The lowest BCUT2D eigenvalue weighted by Crippen LogP contribution is -2.36. The number of likely N-dealkylation sites (tertiary alicyclic amines) is 1. The maximum Gasteiger partial charge on any atom is 0.137 e. The number of aromatic nitrogens is 3.